The molecule has 3 heterocycles. The summed E-state index contributed by atoms with van der Waals surface area (Å²) >= 11 is 0. The van der Waals surface area contributed by atoms with Gasteiger partial charge in [0.15, 0.2) is 0 Å². The molecule has 2 aromatic rings. The van der Waals surface area contributed by atoms with Gasteiger partial charge in [-0.05, 0) is 30.0 Å². The number of rotatable bonds is 2. The van der Waals surface area contributed by atoms with Crippen LogP contribution in [0.4, 0.5) is 0 Å². The van der Waals surface area contributed by atoms with Crippen LogP contribution >= 0.6 is 0 Å². The van der Waals surface area contributed by atoms with E-state index in [0.717, 1.165) is 29.7 Å². The summed E-state index contributed by atoms with van der Waals surface area (Å²) in [4.78, 5) is 19.8. The maximum atomic E-state index is 13.4. The van der Waals surface area contributed by atoms with Crippen molar-refractivity contribution in [2.45, 2.75) is 31.3 Å². The van der Waals surface area contributed by atoms with Gasteiger partial charge in [0, 0.05) is 26.0 Å². The van der Waals surface area contributed by atoms with Crippen LogP contribution in [0.15, 0.2) is 48.7 Å². The van der Waals surface area contributed by atoms with E-state index < -0.39 is 5.41 Å². The van der Waals surface area contributed by atoms with Crippen molar-refractivity contribution in [2.24, 2.45) is 0 Å². The Labute approximate surface area is 136 Å². The Balaban J connectivity index is 1.67. The summed E-state index contributed by atoms with van der Waals surface area (Å²) < 4.78 is 5.54. The number of benzene rings is 1. The van der Waals surface area contributed by atoms with Crippen LogP contribution in [0.3, 0.4) is 0 Å². The highest BCUT2D eigenvalue weighted by Gasteiger charge is 2.45. The third kappa shape index (κ3) is 2.43. The van der Waals surface area contributed by atoms with Crippen LogP contribution < -0.4 is 0 Å². The van der Waals surface area contributed by atoms with Crippen molar-refractivity contribution in [3.63, 3.8) is 0 Å². The standard InChI is InChI=1S/C19H20N2O2/c22-18(21-13-15-5-4-10-20-17(15)14-21)19(8-11-23-12-9-19)16-6-2-1-3-7-16/h1-7,10H,8-9,11-14H2. The molecule has 2 aliphatic heterocycles. The smallest absolute Gasteiger partial charge is 0.234 e. The number of hydrogen-bond acceptors (Lipinski definition) is 3. The lowest BCUT2D eigenvalue weighted by Gasteiger charge is -2.39. The average Bonchev–Trinajstić information content (AvgIpc) is 3.06. The molecule has 1 fully saturated rings. The predicted octanol–water partition coefficient (Wildman–Crippen LogP) is 2.67. The van der Waals surface area contributed by atoms with Gasteiger partial charge in [0.05, 0.1) is 17.7 Å². The zero-order valence-electron chi connectivity index (χ0n) is 13.1. The Morgan fingerprint density at radius 3 is 2.57 bits per heavy atom. The zero-order chi connectivity index (χ0) is 15.7. The molecule has 0 atom stereocenters. The second-order valence-electron chi connectivity index (χ2n) is 6.33. The van der Waals surface area contributed by atoms with E-state index in [0.29, 0.717) is 26.3 Å². The highest BCUT2D eigenvalue weighted by molar-refractivity contribution is 5.88. The largest absolute Gasteiger partial charge is 0.381 e. The summed E-state index contributed by atoms with van der Waals surface area (Å²) in [5, 5.41) is 0. The molecule has 0 unspecified atom stereocenters. The second kappa shape index (κ2) is 5.78. The summed E-state index contributed by atoms with van der Waals surface area (Å²) in [6, 6.07) is 14.2. The quantitative estimate of drug-likeness (QED) is 0.856. The molecule has 0 radical (unpaired) electrons. The maximum Gasteiger partial charge on any atom is 0.234 e. The van der Waals surface area contributed by atoms with Crippen LogP contribution in [0, 0.1) is 0 Å². The first kappa shape index (κ1) is 14.4. The fourth-order valence-electron chi connectivity index (χ4n) is 3.75. The Morgan fingerprint density at radius 2 is 1.83 bits per heavy atom. The van der Waals surface area contributed by atoms with Crippen LogP contribution in [0.5, 0.6) is 0 Å². The van der Waals surface area contributed by atoms with Crippen molar-refractivity contribution in [1.29, 1.82) is 0 Å². The second-order valence-corrected chi connectivity index (χ2v) is 6.33. The van der Waals surface area contributed by atoms with Gasteiger partial charge < -0.3 is 9.64 Å². The summed E-state index contributed by atoms with van der Waals surface area (Å²) in [5.74, 6) is 0.213. The number of pyridine rings is 1. The average molecular weight is 308 g/mol. The third-order valence-electron chi connectivity index (χ3n) is 5.06. The molecule has 1 aromatic heterocycles. The van der Waals surface area contributed by atoms with Gasteiger partial charge in [0.1, 0.15) is 0 Å². The number of hydrogen-bond donors (Lipinski definition) is 0. The first-order valence-electron chi connectivity index (χ1n) is 8.15. The van der Waals surface area contributed by atoms with Crippen LogP contribution in [-0.2, 0) is 28.0 Å². The van der Waals surface area contributed by atoms with E-state index in [4.69, 9.17) is 4.74 Å². The highest BCUT2D eigenvalue weighted by atomic mass is 16.5. The fourth-order valence-corrected chi connectivity index (χ4v) is 3.75. The Bertz CT molecular complexity index is 683. The van der Waals surface area contributed by atoms with E-state index in [9.17, 15) is 4.79 Å². The predicted molar refractivity (Wildman–Crippen MR) is 86.7 cm³/mol. The molecule has 0 spiro atoms. The van der Waals surface area contributed by atoms with Gasteiger partial charge >= 0.3 is 0 Å². The van der Waals surface area contributed by atoms with Gasteiger partial charge in [-0.15, -0.1) is 0 Å². The topological polar surface area (TPSA) is 42.4 Å². The molecule has 1 amide bonds. The molecule has 2 aliphatic rings. The van der Waals surface area contributed by atoms with E-state index in [2.05, 4.69) is 23.2 Å². The van der Waals surface area contributed by atoms with Gasteiger partial charge in [-0.1, -0.05) is 36.4 Å². The summed E-state index contributed by atoms with van der Waals surface area (Å²) in [6.07, 6.45) is 3.29. The van der Waals surface area contributed by atoms with Crippen molar-refractivity contribution in [3.8, 4) is 0 Å². The number of nitrogens with zero attached hydrogens (tertiary/aromatic N) is 2. The molecule has 4 rings (SSSR count). The summed E-state index contributed by atoms with van der Waals surface area (Å²) in [7, 11) is 0. The Kier molecular flexibility index (Phi) is 3.62. The van der Waals surface area contributed by atoms with Crippen LogP contribution in [0.2, 0.25) is 0 Å². The molecule has 4 heteroatoms. The van der Waals surface area contributed by atoms with Gasteiger partial charge in [-0.25, -0.2) is 0 Å². The van der Waals surface area contributed by atoms with Crippen molar-refractivity contribution in [2.75, 3.05) is 13.2 Å². The van der Waals surface area contributed by atoms with Gasteiger partial charge in [0.25, 0.3) is 0 Å². The molecular weight excluding hydrogens is 288 g/mol. The molecule has 23 heavy (non-hydrogen) atoms. The number of carbonyl (C=O) groups excluding carboxylic acids is 1. The van der Waals surface area contributed by atoms with Crippen LogP contribution in [0.25, 0.3) is 0 Å². The Morgan fingerprint density at radius 1 is 1.04 bits per heavy atom. The summed E-state index contributed by atoms with van der Waals surface area (Å²) in [5.41, 5.74) is 2.84. The van der Waals surface area contributed by atoms with E-state index in [-0.39, 0.29) is 5.91 Å². The number of amides is 1. The van der Waals surface area contributed by atoms with Crippen molar-refractivity contribution in [3.05, 3.63) is 65.5 Å². The maximum absolute atomic E-state index is 13.4. The molecule has 1 aromatic carbocycles. The molecule has 0 saturated carbocycles. The van der Waals surface area contributed by atoms with Crippen LogP contribution in [0.1, 0.15) is 29.7 Å². The fraction of sp³-hybridized carbons (Fsp3) is 0.368. The lowest BCUT2D eigenvalue weighted by atomic mass is 9.73. The monoisotopic (exact) mass is 308 g/mol. The van der Waals surface area contributed by atoms with Gasteiger partial charge in [-0.2, -0.15) is 0 Å². The molecule has 1 saturated heterocycles. The zero-order valence-corrected chi connectivity index (χ0v) is 13.1. The first-order chi connectivity index (χ1) is 11.3. The van der Waals surface area contributed by atoms with Crippen molar-refractivity contribution in [1.82, 2.24) is 9.88 Å². The minimum atomic E-state index is -0.457. The number of ether oxygens (including phenoxy) is 1. The molecule has 0 aliphatic carbocycles. The van der Waals surface area contributed by atoms with E-state index >= 15 is 0 Å². The van der Waals surface area contributed by atoms with Crippen molar-refractivity contribution < 1.29 is 9.53 Å². The molecule has 0 bridgehead atoms. The van der Waals surface area contributed by atoms with Gasteiger partial charge in [0.2, 0.25) is 5.91 Å². The lowest BCUT2D eigenvalue weighted by molar-refractivity contribution is -0.142. The highest BCUT2D eigenvalue weighted by Crippen LogP contribution is 2.38. The molecule has 118 valence electrons. The van der Waals surface area contributed by atoms with E-state index in [1.54, 1.807) is 6.20 Å². The Hall–Kier alpha value is -2.20. The number of carbonyl (C=O) groups is 1. The molecule has 4 nitrogen and oxygen atoms in total. The minimum Gasteiger partial charge on any atom is -0.381 e. The van der Waals surface area contributed by atoms with E-state index in [1.807, 2.05) is 29.2 Å². The van der Waals surface area contributed by atoms with E-state index in [1.165, 1.54) is 0 Å². The number of fused-ring (bicyclic) bond motifs is 1. The lowest BCUT2D eigenvalue weighted by Crippen LogP contribution is -2.48. The SMILES string of the molecule is O=C(N1Cc2cccnc2C1)C1(c2ccccc2)CCOCC1. The van der Waals surface area contributed by atoms with Crippen LogP contribution in [-0.4, -0.2) is 29.0 Å². The molecular formula is C19H20N2O2. The minimum absolute atomic E-state index is 0.213. The molecule has 0 N–H and O–H groups in total. The number of aromatic nitrogens is 1. The van der Waals surface area contributed by atoms with Gasteiger partial charge in [-0.3, -0.25) is 9.78 Å². The normalized spacial score (nSPS) is 19.4. The summed E-state index contributed by atoms with van der Waals surface area (Å²) in [6.45, 7) is 2.56. The van der Waals surface area contributed by atoms with Crippen molar-refractivity contribution >= 4 is 5.91 Å². The third-order valence-corrected chi connectivity index (χ3v) is 5.06. The first-order valence-corrected chi connectivity index (χ1v) is 8.15.